The van der Waals surface area contributed by atoms with Crippen LogP contribution >= 0.6 is 0 Å². The Hall–Kier alpha value is -2.13. The molecular formula is C21H26N2O. The average Bonchev–Trinajstić information content (AvgIpc) is 2.59. The maximum absolute atomic E-state index is 12.5. The zero-order chi connectivity index (χ0) is 16.9. The van der Waals surface area contributed by atoms with Gasteiger partial charge >= 0.3 is 0 Å². The number of nitrogens with zero attached hydrogens (tertiary/aromatic N) is 2. The largest absolute Gasteiger partial charge is 0.337 e. The summed E-state index contributed by atoms with van der Waals surface area (Å²) in [5, 5.41) is 2.39. The quantitative estimate of drug-likeness (QED) is 0.802. The van der Waals surface area contributed by atoms with Gasteiger partial charge in [0.25, 0.3) is 0 Å². The minimum atomic E-state index is 0.118. The molecule has 3 nitrogen and oxygen atoms in total. The molecule has 0 bridgehead atoms. The first kappa shape index (κ1) is 16.7. The van der Waals surface area contributed by atoms with Gasteiger partial charge in [0.05, 0.1) is 0 Å². The van der Waals surface area contributed by atoms with Crippen LogP contribution in [0.2, 0.25) is 0 Å². The molecule has 1 fully saturated rings. The summed E-state index contributed by atoms with van der Waals surface area (Å²) in [7, 11) is 0. The van der Waals surface area contributed by atoms with E-state index in [4.69, 9.17) is 0 Å². The van der Waals surface area contributed by atoms with Gasteiger partial charge in [0.15, 0.2) is 0 Å². The van der Waals surface area contributed by atoms with Crippen LogP contribution in [0.15, 0.2) is 48.5 Å². The van der Waals surface area contributed by atoms with Gasteiger partial charge in [0.2, 0.25) is 5.91 Å². The van der Waals surface area contributed by atoms with Gasteiger partial charge in [-0.05, 0) is 28.3 Å². The number of rotatable bonds is 4. The van der Waals surface area contributed by atoms with Gasteiger partial charge in [0.1, 0.15) is 0 Å². The second-order valence-electron chi connectivity index (χ2n) is 6.92. The minimum absolute atomic E-state index is 0.118. The summed E-state index contributed by atoms with van der Waals surface area (Å²) >= 11 is 0. The fourth-order valence-electron chi connectivity index (χ4n) is 3.33. The van der Waals surface area contributed by atoms with Crippen LogP contribution in [0.5, 0.6) is 0 Å². The van der Waals surface area contributed by atoms with E-state index < -0.39 is 0 Å². The van der Waals surface area contributed by atoms with Crippen molar-refractivity contribution in [2.24, 2.45) is 5.92 Å². The van der Waals surface area contributed by atoms with E-state index in [1.165, 1.54) is 10.8 Å². The SMILES string of the molecule is CC(C)CN1CCN(C(=O)/C=C/c2cccc3ccccc23)CC1. The molecule has 0 aliphatic carbocycles. The van der Waals surface area contributed by atoms with E-state index in [-0.39, 0.29) is 5.91 Å². The van der Waals surface area contributed by atoms with Gasteiger partial charge in [-0.3, -0.25) is 9.69 Å². The molecule has 2 aromatic carbocycles. The Balaban J connectivity index is 1.63. The molecule has 1 heterocycles. The third kappa shape index (κ3) is 4.04. The van der Waals surface area contributed by atoms with Crippen molar-refractivity contribution in [1.82, 2.24) is 9.80 Å². The lowest BCUT2D eigenvalue weighted by atomic mass is 10.0. The number of hydrogen-bond acceptors (Lipinski definition) is 2. The minimum Gasteiger partial charge on any atom is -0.337 e. The molecule has 1 saturated heterocycles. The Bertz CT molecular complexity index is 722. The number of benzene rings is 2. The van der Waals surface area contributed by atoms with E-state index in [1.807, 2.05) is 29.2 Å². The topological polar surface area (TPSA) is 23.6 Å². The Kier molecular flexibility index (Phi) is 5.31. The molecule has 3 heteroatoms. The van der Waals surface area contributed by atoms with Crippen LogP contribution in [0.3, 0.4) is 0 Å². The van der Waals surface area contributed by atoms with E-state index in [2.05, 4.69) is 43.0 Å². The maximum Gasteiger partial charge on any atom is 0.246 e. The van der Waals surface area contributed by atoms with Crippen molar-refractivity contribution in [2.45, 2.75) is 13.8 Å². The summed E-state index contributed by atoms with van der Waals surface area (Å²) in [5.41, 5.74) is 1.10. The monoisotopic (exact) mass is 322 g/mol. The van der Waals surface area contributed by atoms with E-state index in [0.29, 0.717) is 5.92 Å². The number of piperazine rings is 1. The van der Waals surface area contributed by atoms with E-state index in [1.54, 1.807) is 6.08 Å². The predicted octanol–water partition coefficient (Wildman–Crippen LogP) is 3.65. The summed E-state index contributed by atoms with van der Waals surface area (Å²) in [6.07, 6.45) is 3.67. The molecule has 1 aliphatic heterocycles. The summed E-state index contributed by atoms with van der Waals surface area (Å²) in [5.74, 6) is 0.797. The Morgan fingerprint density at radius 3 is 2.50 bits per heavy atom. The van der Waals surface area contributed by atoms with Crippen LogP contribution in [-0.4, -0.2) is 48.4 Å². The predicted molar refractivity (Wildman–Crippen MR) is 101 cm³/mol. The zero-order valence-electron chi connectivity index (χ0n) is 14.6. The molecule has 0 N–H and O–H groups in total. The third-order valence-corrected chi connectivity index (χ3v) is 4.54. The second-order valence-corrected chi connectivity index (χ2v) is 6.92. The highest BCUT2D eigenvalue weighted by Crippen LogP contribution is 2.19. The summed E-state index contributed by atoms with van der Waals surface area (Å²) in [6, 6.07) is 14.5. The van der Waals surface area contributed by atoms with Gasteiger partial charge in [-0.15, -0.1) is 0 Å². The Labute approximate surface area is 144 Å². The summed E-state index contributed by atoms with van der Waals surface area (Å²) < 4.78 is 0. The van der Waals surface area contributed by atoms with Crippen LogP contribution in [0.4, 0.5) is 0 Å². The Morgan fingerprint density at radius 1 is 1.04 bits per heavy atom. The molecular weight excluding hydrogens is 296 g/mol. The van der Waals surface area contributed by atoms with Crippen molar-refractivity contribution in [1.29, 1.82) is 0 Å². The highest BCUT2D eigenvalue weighted by atomic mass is 16.2. The van der Waals surface area contributed by atoms with Gasteiger partial charge in [-0.2, -0.15) is 0 Å². The van der Waals surface area contributed by atoms with E-state index in [9.17, 15) is 4.79 Å². The van der Waals surface area contributed by atoms with Crippen molar-refractivity contribution in [2.75, 3.05) is 32.7 Å². The molecule has 0 atom stereocenters. The van der Waals surface area contributed by atoms with E-state index in [0.717, 1.165) is 38.3 Å². The molecule has 3 rings (SSSR count). The van der Waals surface area contributed by atoms with Crippen LogP contribution in [0.25, 0.3) is 16.8 Å². The van der Waals surface area contributed by atoms with Crippen molar-refractivity contribution in [3.05, 3.63) is 54.1 Å². The molecule has 0 unspecified atom stereocenters. The Morgan fingerprint density at radius 2 is 1.75 bits per heavy atom. The lowest BCUT2D eigenvalue weighted by Gasteiger charge is -2.35. The number of carbonyl (C=O) groups excluding carboxylic acids is 1. The average molecular weight is 322 g/mol. The lowest BCUT2D eigenvalue weighted by Crippen LogP contribution is -2.49. The molecule has 24 heavy (non-hydrogen) atoms. The first-order chi connectivity index (χ1) is 11.6. The fraction of sp³-hybridized carbons (Fsp3) is 0.381. The van der Waals surface area contributed by atoms with E-state index >= 15 is 0 Å². The number of hydrogen-bond donors (Lipinski definition) is 0. The molecule has 126 valence electrons. The van der Waals surface area contributed by atoms with Gasteiger partial charge < -0.3 is 4.90 Å². The lowest BCUT2D eigenvalue weighted by molar-refractivity contribution is -0.127. The van der Waals surface area contributed by atoms with Crippen molar-refractivity contribution < 1.29 is 4.79 Å². The smallest absolute Gasteiger partial charge is 0.246 e. The van der Waals surface area contributed by atoms with Crippen LogP contribution in [-0.2, 0) is 4.79 Å². The van der Waals surface area contributed by atoms with Crippen molar-refractivity contribution in [3.8, 4) is 0 Å². The normalized spacial score (nSPS) is 16.4. The van der Waals surface area contributed by atoms with Gasteiger partial charge in [-0.1, -0.05) is 56.3 Å². The summed E-state index contributed by atoms with van der Waals surface area (Å²) in [6.45, 7) is 9.21. The van der Waals surface area contributed by atoms with Gasteiger partial charge in [0, 0.05) is 38.8 Å². The molecule has 0 saturated carbocycles. The third-order valence-electron chi connectivity index (χ3n) is 4.54. The van der Waals surface area contributed by atoms with Crippen LogP contribution in [0, 0.1) is 5.92 Å². The number of fused-ring (bicyclic) bond motifs is 1. The molecule has 0 spiro atoms. The van der Waals surface area contributed by atoms with Crippen molar-refractivity contribution in [3.63, 3.8) is 0 Å². The van der Waals surface area contributed by atoms with Crippen LogP contribution in [0.1, 0.15) is 19.4 Å². The fourth-order valence-corrected chi connectivity index (χ4v) is 3.33. The summed E-state index contributed by atoms with van der Waals surface area (Å²) in [4.78, 5) is 16.9. The standard InChI is InChI=1S/C21H26N2O/c1-17(2)16-22-12-14-23(15-13-22)21(24)11-10-19-8-5-7-18-6-3-4-9-20(18)19/h3-11,17H,12-16H2,1-2H3/b11-10+. The van der Waals surface area contributed by atoms with Crippen molar-refractivity contribution >= 4 is 22.8 Å². The highest BCUT2D eigenvalue weighted by Gasteiger charge is 2.19. The number of carbonyl (C=O) groups is 1. The molecule has 1 aliphatic rings. The first-order valence-corrected chi connectivity index (χ1v) is 8.80. The molecule has 1 amide bonds. The molecule has 0 aromatic heterocycles. The molecule has 0 radical (unpaired) electrons. The number of amides is 1. The second kappa shape index (κ2) is 7.63. The molecule has 2 aromatic rings. The van der Waals surface area contributed by atoms with Gasteiger partial charge in [-0.25, -0.2) is 0 Å². The highest BCUT2D eigenvalue weighted by molar-refractivity contribution is 5.96. The zero-order valence-corrected chi connectivity index (χ0v) is 14.6. The van der Waals surface area contributed by atoms with Crippen LogP contribution < -0.4 is 0 Å². The maximum atomic E-state index is 12.5. The first-order valence-electron chi connectivity index (χ1n) is 8.80.